The Morgan fingerprint density at radius 3 is 2.85 bits per heavy atom. The molecule has 0 aliphatic carbocycles. The summed E-state index contributed by atoms with van der Waals surface area (Å²) in [5.74, 6) is 0.379. The van der Waals surface area contributed by atoms with Gasteiger partial charge in [-0.25, -0.2) is 4.98 Å². The number of nitrogens with two attached hydrogens (primary N) is 1. The number of fused-ring (bicyclic) bond motifs is 1. The van der Waals surface area contributed by atoms with Gasteiger partial charge in [-0.15, -0.1) is 0 Å². The van der Waals surface area contributed by atoms with Crippen molar-refractivity contribution in [3.8, 4) is 0 Å². The highest BCUT2D eigenvalue weighted by molar-refractivity contribution is 5.95. The second-order valence-electron chi connectivity index (χ2n) is 7.43. The maximum Gasteiger partial charge on any atom is 0.255 e. The highest BCUT2D eigenvalue weighted by Crippen LogP contribution is 2.24. The lowest BCUT2D eigenvalue weighted by Gasteiger charge is -2.31. The van der Waals surface area contributed by atoms with Crippen LogP contribution in [0.25, 0.3) is 5.65 Å². The van der Waals surface area contributed by atoms with Gasteiger partial charge in [0.05, 0.1) is 17.2 Å². The number of carbonyl (C=O) groups is 2. The predicted molar refractivity (Wildman–Crippen MR) is 106 cm³/mol. The normalized spacial score (nSPS) is 17.3. The Balaban J connectivity index is 1.89. The van der Waals surface area contributed by atoms with E-state index >= 15 is 0 Å². The molecule has 2 N–H and O–H groups in total. The van der Waals surface area contributed by atoms with E-state index in [1.807, 2.05) is 29.7 Å². The molecular formula is C20H29N5O2. The van der Waals surface area contributed by atoms with Crippen LogP contribution >= 0.6 is 0 Å². The average molecular weight is 371 g/mol. The maximum atomic E-state index is 13.0. The van der Waals surface area contributed by atoms with Crippen LogP contribution in [0, 0.1) is 12.8 Å². The van der Waals surface area contributed by atoms with Crippen molar-refractivity contribution in [1.29, 1.82) is 0 Å². The molecule has 7 heteroatoms. The van der Waals surface area contributed by atoms with Crippen LogP contribution in [-0.4, -0.2) is 52.8 Å². The number of rotatable bonds is 6. The molecule has 2 aromatic rings. The minimum Gasteiger partial charge on any atom is -0.369 e. The van der Waals surface area contributed by atoms with Crippen molar-refractivity contribution >= 4 is 23.3 Å². The van der Waals surface area contributed by atoms with Gasteiger partial charge in [0.25, 0.3) is 5.91 Å². The molecule has 3 heterocycles. The largest absolute Gasteiger partial charge is 0.369 e. The molecule has 146 valence electrons. The molecule has 0 radical (unpaired) electrons. The third kappa shape index (κ3) is 3.91. The van der Waals surface area contributed by atoms with E-state index in [-0.39, 0.29) is 17.7 Å². The Hall–Kier alpha value is -2.57. The number of piperidine rings is 1. The van der Waals surface area contributed by atoms with Crippen molar-refractivity contribution in [2.75, 3.05) is 31.6 Å². The van der Waals surface area contributed by atoms with Crippen LogP contribution in [0.15, 0.2) is 18.3 Å². The lowest BCUT2D eigenvalue weighted by molar-refractivity contribution is -0.123. The van der Waals surface area contributed by atoms with Crippen molar-refractivity contribution in [2.24, 2.45) is 11.7 Å². The fourth-order valence-electron chi connectivity index (χ4n) is 3.81. The standard InChI is InChI=1S/C20H29N5O2/c1-4-5-10-23(3)19-14(2)22-17-9-8-16(13-25(17)19)20(27)24-11-6-7-15(12-24)18(21)26/h8-9,13,15H,4-7,10-12H2,1-3H3,(H2,21,26). The summed E-state index contributed by atoms with van der Waals surface area (Å²) < 4.78 is 1.99. The zero-order chi connectivity index (χ0) is 19.6. The molecule has 1 atom stereocenters. The third-order valence-corrected chi connectivity index (χ3v) is 5.33. The number of anilines is 1. The van der Waals surface area contributed by atoms with Gasteiger partial charge < -0.3 is 15.5 Å². The molecule has 7 nitrogen and oxygen atoms in total. The first-order valence-corrected chi connectivity index (χ1v) is 9.70. The van der Waals surface area contributed by atoms with Crippen molar-refractivity contribution < 1.29 is 9.59 Å². The molecule has 0 bridgehead atoms. The lowest BCUT2D eigenvalue weighted by atomic mass is 9.97. The van der Waals surface area contributed by atoms with E-state index in [4.69, 9.17) is 5.73 Å². The summed E-state index contributed by atoms with van der Waals surface area (Å²) in [7, 11) is 2.06. The van der Waals surface area contributed by atoms with Gasteiger partial charge in [-0.05, 0) is 38.3 Å². The van der Waals surface area contributed by atoms with Crippen molar-refractivity contribution in [3.05, 3.63) is 29.6 Å². The Labute approximate surface area is 160 Å². The number of amides is 2. The topological polar surface area (TPSA) is 83.9 Å². The lowest BCUT2D eigenvalue weighted by Crippen LogP contribution is -2.44. The second-order valence-corrected chi connectivity index (χ2v) is 7.43. The molecule has 0 spiro atoms. The number of likely N-dealkylation sites (tertiary alicyclic amines) is 1. The Morgan fingerprint density at radius 1 is 1.37 bits per heavy atom. The molecule has 0 aromatic carbocycles. The minimum absolute atomic E-state index is 0.0589. The second kappa shape index (κ2) is 7.98. The molecule has 2 amide bonds. The molecule has 1 unspecified atom stereocenters. The number of hydrogen-bond acceptors (Lipinski definition) is 4. The van der Waals surface area contributed by atoms with Crippen molar-refractivity contribution in [1.82, 2.24) is 14.3 Å². The van der Waals surface area contributed by atoms with Gasteiger partial charge in [-0.1, -0.05) is 13.3 Å². The van der Waals surface area contributed by atoms with Crippen LogP contribution in [0.4, 0.5) is 5.82 Å². The number of nitrogens with zero attached hydrogens (tertiary/aromatic N) is 4. The third-order valence-electron chi connectivity index (χ3n) is 5.33. The summed E-state index contributed by atoms with van der Waals surface area (Å²) in [5.41, 5.74) is 7.83. The molecule has 1 aliphatic rings. The van der Waals surface area contributed by atoms with E-state index in [9.17, 15) is 9.59 Å². The van der Waals surface area contributed by atoms with Gasteiger partial charge in [0, 0.05) is 32.9 Å². The highest BCUT2D eigenvalue weighted by Gasteiger charge is 2.28. The highest BCUT2D eigenvalue weighted by atomic mass is 16.2. The van der Waals surface area contributed by atoms with Gasteiger partial charge >= 0.3 is 0 Å². The van der Waals surface area contributed by atoms with E-state index in [1.165, 1.54) is 0 Å². The molecule has 1 aliphatic heterocycles. The van der Waals surface area contributed by atoms with Crippen LogP contribution in [-0.2, 0) is 4.79 Å². The number of unbranched alkanes of at least 4 members (excludes halogenated alkanes) is 1. The van der Waals surface area contributed by atoms with Crippen molar-refractivity contribution in [3.63, 3.8) is 0 Å². The van der Waals surface area contributed by atoms with Gasteiger partial charge in [0.2, 0.25) is 5.91 Å². The number of imidazole rings is 1. The molecule has 0 saturated carbocycles. The molecule has 1 saturated heterocycles. The average Bonchev–Trinajstić information content (AvgIpc) is 3.00. The van der Waals surface area contributed by atoms with Gasteiger partial charge in [-0.2, -0.15) is 0 Å². The van der Waals surface area contributed by atoms with E-state index in [2.05, 4.69) is 23.9 Å². The Bertz CT molecular complexity index is 844. The SMILES string of the molecule is CCCCN(C)c1c(C)nc2ccc(C(=O)N3CCCC(C(N)=O)C3)cn12. The van der Waals surface area contributed by atoms with Gasteiger partial charge in [0.1, 0.15) is 11.5 Å². The van der Waals surface area contributed by atoms with Gasteiger partial charge in [0.15, 0.2) is 0 Å². The summed E-state index contributed by atoms with van der Waals surface area (Å²) >= 11 is 0. The number of aromatic nitrogens is 2. The van der Waals surface area contributed by atoms with Crippen LogP contribution in [0.3, 0.4) is 0 Å². The van der Waals surface area contributed by atoms with E-state index in [0.717, 1.165) is 49.4 Å². The Kier molecular flexibility index (Phi) is 5.68. The van der Waals surface area contributed by atoms with E-state index in [0.29, 0.717) is 18.7 Å². The summed E-state index contributed by atoms with van der Waals surface area (Å²) in [5, 5.41) is 0. The van der Waals surface area contributed by atoms with Crippen LogP contribution < -0.4 is 10.6 Å². The maximum absolute atomic E-state index is 13.0. The molecular weight excluding hydrogens is 342 g/mol. The number of carbonyl (C=O) groups excluding carboxylic acids is 2. The molecule has 1 fully saturated rings. The first-order valence-electron chi connectivity index (χ1n) is 9.70. The van der Waals surface area contributed by atoms with Crippen LogP contribution in [0.1, 0.15) is 48.7 Å². The van der Waals surface area contributed by atoms with Crippen molar-refractivity contribution in [2.45, 2.75) is 39.5 Å². The zero-order valence-electron chi connectivity index (χ0n) is 16.4. The monoisotopic (exact) mass is 371 g/mol. The fourth-order valence-corrected chi connectivity index (χ4v) is 3.81. The molecule has 3 rings (SSSR count). The minimum atomic E-state index is -0.326. The van der Waals surface area contributed by atoms with Gasteiger partial charge in [-0.3, -0.25) is 14.0 Å². The number of primary amides is 1. The van der Waals surface area contributed by atoms with Crippen LogP contribution in [0.2, 0.25) is 0 Å². The first-order chi connectivity index (χ1) is 12.9. The predicted octanol–water partition coefficient (Wildman–Crippen LogP) is 2.22. The quantitative estimate of drug-likeness (QED) is 0.844. The summed E-state index contributed by atoms with van der Waals surface area (Å²) in [4.78, 5) is 33.1. The number of hydrogen-bond donors (Lipinski definition) is 1. The number of aryl methyl sites for hydroxylation is 1. The first kappa shape index (κ1) is 19.2. The van der Waals surface area contributed by atoms with E-state index in [1.54, 1.807) is 4.90 Å². The Morgan fingerprint density at radius 2 is 2.15 bits per heavy atom. The summed E-state index contributed by atoms with van der Waals surface area (Å²) in [6, 6.07) is 3.70. The van der Waals surface area contributed by atoms with Crippen LogP contribution in [0.5, 0.6) is 0 Å². The molecule has 2 aromatic heterocycles. The fraction of sp³-hybridized carbons (Fsp3) is 0.550. The molecule has 27 heavy (non-hydrogen) atoms. The smallest absolute Gasteiger partial charge is 0.255 e. The summed E-state index contributed by atoms with van der Waals surface area (Å²) in [6.07, 6.45) is 5.65. The summed E-state index contributed by atoms with van der Waals surface area (Å²) in [6.45, 7) is 6.17. The van der Waals surface area contributed by atoms with E-state index < -0.39 is 0 Å². The number of pyridine rings is 1. The zero-order valence-corrected chi connectivity index (χ0v) is 16.4.